The van der Waals surface area contributed by atoms with E-state index in [0.29, 0.717) is 12.0 Å². The molecule has 6 heteroatoms. The van der Waals surface area contributed by atoms with E-state index in [2.05, 4.69) is 14.8 Å². The molecule has 0 bridgehead atoms. The first-order valence-electron chi connectivity index (χ1n) is 10.0. The third-order valence-electron chi connectivity index (χ3n) is 6.55. The number of amides is 1. The van der Waals surface area contributed by atoms with E-state index in [1.165, 1.54) is 32.1 Å². The van der Waals surface area contributed by atoms with Gasteiger partial charge in [0.05, 0.1) is 0 Å². The molecular formula is C21H26N4O2. The van der Waals surface area contributed by atoms with Gasteiger partial charge in [-0.15, -0.1) is 10.2 Å². The van der Waals surface area contributed by atoms with Crippen molar-refractivity contribution in [2.45, 2.75) is 51.0 Å². The minimum Gasteiger partial charge on any atom is -0.484 e. The predicted octanol–water partition coefficient (Wildman–Crippen LogP) is 3.10. The summed E-state index contributed by atoms with van der Waals surface area (Å²) >= 11 is 0. The Morgan fingerprint density at radius 2 is 2.19 bits per heavy atom. The molecule has 1 unspecified atom stereocenters. The van der Waals surface area contributed by atoms with Crippen molar-refractivity contribution in [2.75, 3.05) is 19.7 Å². The molecule has 142 valence electrons. The average molecular weight is 366 g/mol. The molecule has 1 atom stereocenters. The molecule has 27 heavy (non-hydrogen) atoms. The van der Waals surface area contributed by atoms with Crippen molar-refractivity contribution in [3.63, 3.8) is 0 Å². The zero-order valence-corrected chi connectivity index (χ0v) is 15.8. The highest BCUT2D eigenvalue weighted by Crippen LogP contribution is 2.56. The SMILES string of the molecule is Cc1cccc(OCC(=O)N2CC(c3nncn3C3CC3)C3(CCC3)C2)c1. The van der Waals surface area contributed by atoms with Crippen LogP contribution in [-0.4, -0.2) is 45.3 Å². The predicted molar refractivity (Wildman–Crippen MR) is 101 cm³/mol. The maximum absolute atomic E-state index is 12.8. The lowest BCUT2D eigenvalue weighted by molar-refractivity contribution is -0.133. The number of aromatic nitrogens is 3. The number of carbonyl (C=O) groups excluding carboxylic acids is 1. The van der Waals surface area contributed by atoms with Crippen molar-refractivity contribution in [3.05, 3.63) is 42.0 Å². The molecular weight excluding hydrogens is 340 g/mol. The van der Waals surface area contributed by atoms with Gasteiger partial charge in [0.1, 0.15) is 17.9 Å². The number of hydrogen-bond acceptors (Lipinski definition) is 4. The van der Waals surface area contributed by atoms with E-state index in [9.17, 15) is 4.79 Å². The van der Waals surface area contributed by atoms with E-state index >= 15 is 0 Å². The molecule has 1 aromatic heterocycles. The monoisotopic (exact) mass is 366 g/mol. The van der Waals surface area contributed by atoms with Gasteiger partial charge < -0.3 is 14.2 Å². The van der Waals surface area contributed by atoms with Gasteiger partial charge in [-0.2, -0.15) is 0 Å². The second-order valence-electron chi connectivity index (χ2n) is 8.48. The molecule has 0 N–H and O–H groups in total. The van der Waals surface area contributed by atoms with Crippen LogP contribution in [-0.2, 0) is 4.79 Å². The summed E-state index contributed by atoms with van der Waals surface area (Å²) in [5, 5.41) is 8.67. The summed E-state index contributed by atoms with van der Waals surface area (Å²) in [7, 11) is 0. The van der Waals surface area contributed by atoms with Gasteiger partial charge in [0.2, 0.25) is 0 Å². The lowest BCUT2D eigenvalue weighted by Gasteiger charge is -2.42. The molecule has 1 aliphatic heterocycles. The Balaban J connectivity index is 1.30. The molecule has 5 rings (SSSR count). The van der Waals surface area contributed by atoms with Crippen LogP contribution >= 0.6 is 0 Å². The second kappa shape index (κ2) is 6.36. The Bertz CT molecular complexity index is 853. The highest BCUT2D eigenvalue weighted by atomic mass is 16.5. The summed E-state index contributed by atoms with van der Waals surface area (Å²) in [6.07, 6.45) is 7.92. The number of likely N-dealkylation sites (tertiary alicyclic amines) is 1. The summed E-state index contributed by atoms with van der Waals surface area (Å²) in [5.74, 6) is 2.22. The molecule has 2 saturated carbocycles. The molecule has 2 heterocycles. The first kappa shape index (κ1) is 16.8. The van der Waals surface area contributed by atoms with Gasteiger partial charge in [-0.05, 0) is 55.7 Å². The standard InChI is InChI=1S/C21H26N4O2/c1-15-4-2-5-17(10-15)27-12-19(26)24-11-18(21(13-24)8-3-9-21)20-23-22-14-25(20)16-6-7-16/h2,4-5,10,14,16,18H,3,6-9,11-13H2,1H3. The molecule has 1 aromatic carbocycles. The Labute approximate surface area is 159 Å². The molecule has 3 aliphatic rings. The van der Waals surface area contributed by atoms with Crippen LogP contribution < -0.4 is 4.74 Å². The van der Waals surface area contributed by atoms with E-state index in [-0.39, 0.29) is 17.9 Å². The van der Waals surface area contributed by atoms with Gasteiger partial charge in [0, 0.05) is 25.0 Å². The molecule has 6 nitrogen and oxygen atoms in total. The van der Waals surface area contributed by atoms with Crippen molar-refractivity contribution >= 4 is 5.91 Å². The first-order valence-corrected chi connectivity index (χ1v) is 10.0. The fourth-order valence-electron chi connectivity index (χ4n) is 4.73. The van der Waals surface area contributed by atoms with Crippen molar-refractivity contribution < 1.29 is 9.53 Å². The number of nitrogens with zero attached hydrogens (tertiary/aromatic N) is 4. The quantitative estimate of drug-likeness (QED) is 0.816. The normalized spacial score (nSPS) is 23.4. The lowest BCUT2D eigenvalue weighted by Crippen LogP contribution is -2.39. The van der Waals surface area contributed by atoms with E-state index < -0.39 is 0 Å². The number of carbonyl (C=O) groups is 1. The molecule has 2 aliphatic carbocycles. The highest BCUT2D eigenvalue weighted by molar-refractivity contribution is 5.78. The van der Waals surface area contributed by atoms with Crippen LogP contribution in [0.15, 0.2) is 30.6 Å². The zero-order valence-electron chi connectivity index (χ0n) is 15.8. The molecule has 1 amide bonds. The van der Waals surface area contributed by atoms with Gasteiger partial charge in [0.25, 0.3) is 5.91 Å². The van der Waals surface area contributed by atoms with Crippen molar-refractivity contribution in [1.29, 1.82) is 0 Å². The molecule has 2 aromatic rings. The fraction of sp³-hybridized carbons (Fsp3) is 0.571. The average Bonchev–Trinajstić information content (AvgIpc) is 3.21. The number of aryl methyl sites for hydroxylation is 1. The first-order chi connectivity index (χ1) is 13.1. The van der Waals surface area contributed by atoms with Crippen LogP contribution in [0.2, 0.25) is 0 Å². The van der Waals surface area contributed by atoms with Gasteiger partial charge in [-0.25, -0.2) is 0 Å². The maximum atomic E-state index is 12.8. The molecule has 1 spiro atoms. The van der Waals surface area contributed by atoms with Gasteiger partial charge in [-0.3, -0.25) is 4.79 Å². The summed E-state index contributed by atoms with van der Waals surface area (Å²) in [5.41, 5.74) is 1.33. The summed E-state index contributed by atoms with van der Waals surface area (Å²) in [4.78, 5) is 14.8. The van der Waals surface area contributed by atoms with Gasteiger partial charge in [0.15, 0.2) is 6.61 Å². The third-order valence-corrected chi connectivity index (χ3v) is 6.55. The summed E-state index contributed by atoms with van der Waals surface area (Å²) < 4.78 is 8.02. The molecule has 0 radical (unpaired) electrons. The molecule has 3 fully saturated rings. The Kier molecular flexibility index (Phi) is 3.95. The van der Waals surface area contributed by atoms with Crippen LogP contribution in [0.4, 0.5) is 0 Å². The lowest BCUT2D eigenvalue weighted by atomic mass is 9.62. The minimum atomic E-state index is 0.0720. The smallest absolute Gasteiger partial charge is 0.260 e. The molecule has 1 saturated heterocycles. The largest absolute Gasteiger partial charge is 0.484 e. The number of hydrogen-bond donors (Lipinski definition) is 0. The topological polar surface area (TPSA) is 60.2 Å². The van der Waals surface area contributed by atoms with Crippen LogP contribution in [0.5, 0.6) is 5.75 Å². The van der Waals surface area contributed by atoms with Crippen LogP contribution in [0, 0.1) is 12.3 Å². The van der Waals surface area contributed by atoms with Crippen molar-refractivity contribution in [1.82, 2.24) is 19.7 Å². The fourth-order valence-corrected chi connectivity index (χ4v) is 4.73. The van der Waals surface area contributed by atoms with Crippen molar-refractivity contribution in [3.8, 4) is 5.75 Å². The Morgan fingerprint density at radius 3 is 2.89 bits per heavy atom. The van der Waals surface area contributed by atoms with E-state index in [4.69, 9.17) is 4.74 Å². The Morgan fingerprint density at radius 1 is 1.33 bits per heavy atom. The third kappa shape index (κ3) is 3.01. The number of benzene rings is 1. The maximum Gasteiger partial charge on any atom is 0.260 e. The second-order valence-corrected chi connectivity index (χ2v) is 8.48. The minimum absolute atomic E-state index is 0.0720. The Hall–Kier alpha value is -2.37. The van der Waals surface area contributed by atoms with Gasteiger partial charge >= 0.3 is 0 Å². The number of rotatable bonds is 5. The number of ether oxygens (including phenoxy) is 1. The van der Waals surface area contributed by atoms with Crippen LogP contribution in [0.1, 0.15) is 55.5 Å². The van der Waals surface area contributed by atoms with E-state index in [1.54, 1.807) is 0 Å². The van der Waals surface area contributed by atoms with Crippen LogP contribution in [0.25, 0.3) is 0 Å². The van der Waals surface area contributed by atoms with E-state index in [0.717, 1.165) is 30.2 Å². The van der Waals surface area contributed by atoms with Crippen molar-refractivity contribution in [2.24, 2.45) is 5.41 Å². The highest BCUT2D eigenvalue weighted by Gasteiger charge is 2.54. The van der Waals surface area contributed by atoms with E-state index in [1.807, 2.05) is 42.4 Å². The summed E-state index contributed by atoms with van der Waals surface area (Å²) in [6.45, 7) is 3.68. The van der Waals surface area contributed by atoms with Gasteiger partial charge in [-0.1, -0.05) is 18.6 Å². The zero-order chi connectivity index (χ0) is 18.4. The summed E-state index contributed by atoms with van der Waals surface area (Å²) in [6, 6.07) is 8.41. The van der Waals surface area contributed by atoms with Crippen LogP contribution in [0.3, 0.4) is 0 Å².